The molecule has 0 unspecified atom stereocenters. The van der Waals surface area contributed by atoms with Gasteiger partial charge in [-0.05, 0) is 7.05 Å². The Hall–Kier alpha value is -0.560. The van der Waals surface area contributed by atoms with E-state index in [2.05, 4.69) is 26.0 Å². The molecule has 0 aliphatic heterocycles. The maximum Gasteiger partial charge on any atom is 0.0882 e. The van der Waals surface area contributed by atoms with Gasteiger partial charge < -0.3 is 10.1 Å². The fourth-order valence-electron chi connectivity index (χ4n) is 1.18. The molecule has 86 valence electrons. The van der Waals surface area contributed by atoms with E-state index >= 15 is 0 Å². The minimum Gasteiger partial charge on any atom is -0.383 e. The van der Waals surface area contributed by atoms with Crippen LogP contribution in [0.3, 0.4) is 0 Å². The molecule has 0 saturated carbocycles. The van der Waals surface area contributed by atoms with Crippen LogP contribution in [0.4, 0.5) is 0 Å². The molecule has 0 aliphatic carbocycles. The van der Waals surface area contributed by atoms with Crippen molar-refractivity contribution in [1.82, 2.24) is 19.0 Å². The third kappa shape index (κ3) is 5.78. The standard InChI is InChI=1S/C9H18N4OS/c1-13(5-3-10-4-6-14-2)8-9-7-11-15-12-9/h7,10H,3-6,8H2,1-2H3. The zero-order chi connectivity index (χ0) is 10.9. The van der Waals surface area contributed by atoms with E-state index in [-0.39, 0.29) is 0 Å². The van der Waals surface area contributed by atoms with Crippen LogP contribution in [0.5, 0.6) is 0 Å². The first-order valence-corrected chi connectivity index (χ1v) is 5.70. The molecular weight excluding hydrogens is 212 g/mol. The Bertz CT molecular complexity index is 242. The van der Waals surface area contributed by atoms with Gasteiger partial charge in [-0.25, -0.2) is 0 Å². The summed E-state index contributed by atoms with van der Waals surface area (Å²) in [5.41, 5.74) is 1.04. The summed E-state index contributed by atoms with van der Waals surface area (Å²) < 4.78 is 13.1. The molecule has 1 aromatic rings. The molecule has 6 heteroatoms. The van der Waals surface area contributed by atoms with Gasteiger partial charge in [0.05, 0.1) is 30.2 Å². The van der Waals surface area contributed by atoms with Crippen LogP contribution >= 0.6 is 11.7 Å². The largest absolute Gasteiger partial charge is 0.383 e. The number of methoxy groups -OCH3 is 1. The van der Waals surface area contributed by atoms with Gasteiger partial charge in [-0.2, -0.15) is 8.75 Å². The highest BCUT2D eigenvalue weighted by Gasteiger charge is 2.01. The quantitative estimate of drug-likeness (QED) is 0.647. The van der Waals surface area contributed by atoms with Crippen LogP contribution in [-0.4, -0.2) is 54.0 Å². The minimum atomic E-state index is 0.764. The molecule has 1 aromatic heterocycles. The van der Waals surface area contributed by atoms with Crippen molar-refractivity contribution in [1.29, 1.82) is 0 Å². The smallest absolute Gasteiger partial charge is 0.0882 e. The lowest BCUT2D eigenvalue weighted by atomic mass is 10.4. The lowest BCUT2D eigenvalue weighted by Gasteiger charge is -2.15. The third-order valence-corrected chi connectivity index (χ3v) is 2.51. The second-order valence-electron chi connectivity index (χ2n) is 3.38. The number of rotatable bonds is 8. The summed E-state index contributed by atoms with van der Waals surface area (Å²) in [5.74, 6) is 0. The lowest BCUT2D eigenvalue weighted by Crippen LogP contribution is -2.30. The first-order chi connectivity index (χ1) is 7.33. The number of ether oxygens (including phenoxy) is 1. The second kappa shape index (κ2) is 7.70. The molecule has 5 nitrogen and oxygen atoms in total. The number of aromatic nitrogens is 2. The Balaban J connectivity index is 2.01. The van der Waals surface area contributed by atoms with Crippen molar-refractivity contribution in [2.75, 3.05) is 40.4 Å². The molecule has 0 fully saturated rings. The van der Waals surface area contributed by atoms with Gasteiger partial charge in [0.25, 0.3) is 0 Å². The van der Waals surface area contributed by atoms with Crippen LogP contribution in [-0.2, 0) is 11.3 Å². The van der Waals surface area contributed by atoms with Crippen molar-refractivity contribution in [3.05, 3.63) is 11.9 Å². The maximum atomic E-state index is 4.94. The summed E-state index contributed by atoms with van der Waals surface area (Å²) in [6.45, 7) is 4.50. The van der Waals surface area contributed by atoms with E-state index in [0.717, 1.165) is 38.5 Å². The molecule has 1 heterocycles. The fourth-order valence-corrected chi connectivity index (χ4v) is 1.60. The van der Waals surface area contributed by atoms with Crippen molar-refractivity contribution >= 4 is 11.7 Å². The van der Waals surface area contributed by atoms with Crippen molar-refractivity contribution in [3.8, 4) is 0 Å². The van der Waals surface area contributed by atoms with Crippen molar-refractivity contribution in [2.45, 2.75) is 6.54 Å². The number of hydrogen-bond donors (Lipinski definition) is 1. The maximum absolute atomic E-state index is 4.94. The number of nitrogens with one attached hydrogen (secondary N) is 1. The summed E-state index contributed by atoms with van der Waals surface area (Å²) in [4.78, 5) is 2.22. The number of likely N-dealkylation sites (N-methyl/N-ethyl adjacent to an activating group) is 1. The monoisotopic (exact) mass is 230 g/mol. The summed E-state index contributed by atoms with van der Waals surface area (Å²) in [6.07, 6.45) is 1.82. The first-order valence-electron chi connectivity index (χ1n) is 4.97. The van der Waals surface area contributed by atoms with Gasteiger partial charge >= 0.3 is 0 Å². The fraction of sp³-hybridized carbons (Fsp3) is 0.778. The Morgan fingerprint density at radius 1 is 1.53 bits per heavy atom. The van der Waals surface area contributed by atoms with Crippen molar-refractivity contribution in [3.63, 3.8) is 0 Å². The molecule has 0 amide bonds. The molecule has 0 saturated heterocycles. The molecule has 1 N–H and O–H groups in total. The summed E-state index contributed by atoms with van der Waals surface area (Å²) in [6, 6.07) is 0. The number of nitrogens with zero attached hydrogens (tertiary/aromatic N) is 3. The number of hydrogen-bond acceptors (Lipinski definition) is 6. The molecule has 0 atom stereocenters. The average Bonchev–Trinajstić information content (AvgIpc) is 2.70. The first kappa shape index (κ1) is 12.5. The molecule has 15 heavy (non-hydrogen) atoms. The zero-order valence-electron chi connectivity index (χ0n) is 9.27. The topological polar surface area (TPSA) is 50.3 Å². The van der Waals surface area contributed by atoms with E-state index in [4.69, 9.17) is 4.74 Å². The average molecular weight is 230 g/mol. The summed E-state index contributed by atoms with van der Waals surface area (Å²) in [7, 11) is 3.79. The molecule has 1 rings (SSSR count). The van der Waals surface area contributed by atoms with Gasteiger partial charge in [0.1, 0.15) is 0 Å². The highest BCUT2D eigenvalue weighted by atomic mass is 32.1. The van der Waals surface area contributed by atoms with Gasteiger partial charge in [0, 0.05) is 33.3 Å². The Morgan fingerprint density at radius 3 is 3.07 bits per heavy atom. The van der Waals surface area contributed by atoms with Gasteiger partial charge in [0.2, 0.25) is 0 Å². The van der Waals surface area contributed by atoms with Crippen molar-refractivity contribution in [2.24, 2.45) is 0 Å². The normalized spacial score (nSPS) is 11.1. The van der Waals surface area contributed by atoms with Gasteiger partial charge in [0.15, 0.2) is 0 Å². The van der Waals surface area contributed by atoms with Crippen LogP contribution in [0, 0.1) is 0 Å². The van der Waals surface area contributed by atoms with E-state index < -0.39 is 0 Å². The Labute approximate surface area is 94.8 Å². The summed E-state index contributed by atoms with van der Waals surface area (Å²) in [5, 5.41) is 3.30. The Morgan fingerprint density at radius 2 is 2.40 bits per heavy atom. The van der Waals surface area contributed by atoms with Gasteiger partial charge in [-0.1, -0.05) is 0 Å². The highest BCUT2D eigenvalue weighted by Crippen LogP contribution is 1.98. The van der Waals surface area contributed by atoms with Crippen LogP contribution in [0.1, 0.15) is 5.69 Å². The SMILES string of the molecule is COCCNCCN(C)Cc1cnsn1. The second-order valence-corrected chi connectivity index (χ2v) is 3.94. The van der Waals surface area contributed by atoms with Crippen LogP contribution < -0.4 is 5.32 Å². The highest BCUT2D eigenvalue weighted by molar-refractivity contribution is 6.99. The minimum absolute atomic E-state index is 0.764. The molecule has 0 radical (unpaired) electrons. The van der Waals surface area contributed by atoms with E-state index in [1.807, 2.05) is 6.20 Å². The third-order valence-electron chi connectivity index (χ3n) is 1.99. The van der Waals surface area contributed by atoms with E-state index in [0.29, 0.717) is 0 Å². The summed E-state index contributed by atoms with van der Waals surface area (Å²) >= 11 is 1.26. The Kier molecular flexibility index (Phi) is 6.42. The van der Waals surface area contributed by atoms with E-state index in [9.17, 15) is 0 Å². The van der Waals surface area contributed by atoms with Crippen LogP contribution in [0.25, 0.3) is 0 Å². The molecular formula is C9H18N4OS. The zero-order valence-corrected chi connectivity index (χ0v) is 10.1. The van der Waals surface area contributed by atoms with Crippen molar-refractivity contribution < 1.29 is 4.74 Å². The molecule has 0 aromatic carbocycles. The molecule has 0 aliphatic rings. The van der Waals surface area contributed by atoms with Crippen LogP contribution in [0.2, 0.25) is 0 Å². The van der Waals surface area contributed by atoms with Gasteiger partial charge in [-0.15, -0.1) is 0 Å². The van der Waals surface area contributed by atoms with E-state index in [1.165, 1.54) is 11.7 Å². The molecule has 0 spiro atoms. The van der Waals surface area contributed by atoms with Gasteiger partial charge in [-0.3, -0.25) is 4.90 Å². The lowest BCUT2D eigenvalue weighted by molar-refractivity contribution is 0.197. The van der Waals surface area contributed by atoms with Crippen LogP contribution in [0.15, 0.2) is 6.20 Å². The predicted octanol–water partition coefficient (Wildman–Crippen LogP) is 0.206. The predicted molar refractivity (Wildman–Crippen MR) is 61.0 cm³/mol. The molecule has 0 bridgehead atoms. The van der Waals surface area contributed by atoms with E-state index in [1.54, 1.807) is 7.11 Å².